The molecule has 7 heteroatoms. The molecule has 0 aliphatic carbocycles. The third kappa shape index (κ3) is 3.56. The SMILES string of the molecule is O=C(c1ccc(S(=O)(=O)Nc2ccc(F)cc2)cc1)N1CCCC1. The lowest BCUT2D eigenvalue weighted by molar-refractivity contribution is 0.0792. The number of amides is 1. The molecule has 0 spiro atoms. The average molecular weight is 348 g/mol. The standard InChI is InChI=1S/C17H17FN2O3S/c18-14-5-7-15(8-6-14)19-24(22,23)16-9-3-13(4-10-16)17(21)20-11-1-2-12-20/h3-10,19H,1-2,11-12H2. The summed E-state index contributed by atoms with van der Waals surface area (Å²) >= 11 is 0. The first-order valence-corrected chi connectivity index (χ1v) is 9.12. The lowest BCUT2D eigenvalue weighted by Crippen LogP contribution is -2.27. The molecule has 0 unspecified atom stereocenters. The number of hydrogen-bond donors (Lipinski definition) is 1. The van der Waals surface area contributed by atoms with E-state index < -0.39 is 15.8 Å². The molecule has 3 rings (SSSR count). The lowest BCUT2D eigenvalue weighted by atomic mass is 10.2. The first kappa shape index (κ1) is 16.4. The summed E-state index contributed by atoms with van der Waals surface area (Å²) in [5.41, 5.74) is 0.742. The van der Waals surface area contributed by atoms with E-state index in [2.05, 4.69) is 4.72 Å². The number of hydrogen-bond acceptors (Lipinski definition) is 3. The summed E-state index contributed by atoms with van der Waals surface area (Å²) < 4.78 is 39.9. The maximum Gasteiger partial charge on any atom is 0.261 e. The second-order valence-corrected chi connectivity index (χ2v) is 7.32. The third-order valence-corrected chi connectivity index (χ3v) is 5.30. The van der Waals surface area contributed by atoms with Crippen molar-refractivity contribution in [3.8, 4) is 0 Å². The number of likely N-dealkylation sites (tertiary alicyclic amines) is 1. The molecule has 1 fully saturated rings. The molecule has 1 heterocycles. The van der Waals surface area contributed by atoms with E-state index >= 15 is 0 Å². The number of rotatable bonds is 4. The van der Waals surface area contributed by atoms with E-state index in [0.717, 1.165) is 25.9 Å². The topological polar surface area (TPSA) is 66.5 Å². The van der Waals surface area contributed by atoms with Crippen molar-refractivity contribution in [3.05, 3.63) is 59.9 Å². The second-order valence-electron chi connectivity index (χ2n) is 5.64. The molecular weight excluding hydrogens is 331 g/mol. The molecular formula is C17H17FN2O3S. The van der Waals surface area contributed by atoms with Crippen LogP contribution in [0.5, 0.6) is 0 Å². The number of halogens is 1. The summed E-state index contributed by atoms with van der Waals surface area (Å²) in [5, 5.41) is 0. The number of benzene rings is 2. The normalized spacial score (nSPS) is 14.6. The summed E-state index contributed by atoms with van der Waals surface area (Å²) in [6.45, 7) is 1.48. The molecule has 1 aliphatic rings. The molecule has 2 aromatic rings. The van der Waals surface area contributed by atoms with Crippen LogP contribution in [-0.4, -0.2) is 32.3 Å². The van der Waals surface area contributed by atoms with Crippen LogP contribution in [0.2, 0.25) is 0 Å². The van der Waals surface area contributed by atoms with Crippen molar-refractivity contribution >= 4 is 21.6 Å². The zero-order valence-electron chi connectivity index (χ0n) is 12.9. The fourth-order valence-corrected chi connectivity index (χ4v) is 3.67. The minimum atomic E-state index is -3.79. The third-order valence-electron chi connectivity index (χ3n) is 3.90. The van der Waals surface area contributed by atoms with Crippen molar-refractivity contribution in [2.45, 2.75) is 17.7 Å². The van der Waals surface area contributed by atoms with Crippen LogP contribution in [0.3, 0.4) is 0 Å². The molecule has 0 radical (unpaired) electrons. The quantitative estimate of drug-likeness (QED) is 0.924. The van der Waals surface area contributed by atoms with E-state index in [9.17, 15) is 17.6 Å². The Bertz CT molecular complexity index is 827. The van der Waals surface area contributed by atoms with Gasteiger partial charge in [-0.05, 0) is 61.4 Å². The number of anilines is 1. The van der Waals surface area contributed by atoms with E-state index in [0.29, 0.717) is 5.56 Å². The van der Waals surface area contributed by atoms with Gasteiger partial charge in [0, 0.05) is 24.3 Å². The molecule has 1 amide bonds. The minimum absolute atomic E-state index is 0.0461. The molecule has 2 aromatic carbocycles. The van der Waals surface area contributed by atoms with Gasteiger partial charge >= 0.3 is 0 Å². The Morgan fingerprint density at radius 1 is 0.958 bits per heavy atom. The zero-order chi connectivity index (χ0) is 17.2. The summed E-state index contributed by atoms with van der Waals surface area (Å²) in [7, 11) is -3.79. The Balaban J connectivity index is 1.76. The van der Waals surface area contributed by atoms with Crippen molar-refractivity contribution in [3.63, 3.8) is 0 Å². The van der Waals surface area contributed by atoms with Crippen molar-refractivity contribution in [2.24, 2.45) is 0 Å². The molecule has 126 valence electrons. The molecule has 0 saturated carbocycles. The Kier molecular flexibility index (Phi) is 4.53. The Morgan fingerprint density at radius 2 is 1.54 bits per heavy atom. The highest BCUT2D eigenvalue weighted by Gasteiger charge is 2.20. The van der Waals surface area contributed by atoms with Crippen LogP contribution in [0.1, 0.15) is 23.2 Å². The van der Waals surface area contributed by atoms with Gasteiger partial charge in [-0.3, -0.25) is 9.52 Å². The van der Waals surface area contributed by atoms with E-state index in [1.165, 1.54) is 48.5 Å². The van der Waals surface area contributed by atoms with Crippen LogP contribution in [0.25, 0.3) is 0 Å². The predicted octanol–water partition coefficient (Wildman–Crippen LogP) is 2.86. The van der Waals surface area contributed by atoms with E-state index in [4.69, 9.17) is 0 Å². The van der Waals surface area contributed by atoms with Gasteiger partial charge in [-0.2, -0.15) is 0 Å². The zero-order valence-corrected chi connectivity index (χ0v) is 13.7. The highest BCUT2D eigenvalue weighted by molar-refractivity contribution is 7.92. The van der Waals surface area contributed by atoms with Crippen LogP contribution in [0.15, 0.2) is 53.4 Å². The van der Waals surface area contributed by atoms with Gasteiger partial charge in [0.2, 0.25) is 0 Å². The Morgan fingerprint density at radius 3 is 2.12 bits per heavy atom. The van der Waals surface area contributed by atoms with Crippen molar-refractivity contribution in [1.82, 2.24) is 4.90 Å². The molecule has 24 heavy (non-hydrogen) atoms. The largest absolute Gasteiger partial charge is 0.339 e. The van der Waals surface area contributed by atoms with Gasteiger partial charge in [0.25, 0.3) is 15.9 Å². The fraction of sp³-hybridized carbons (Fsp3) is 0.235. The molecule has 0 atom stereocenters. The van der Waals surface area contributed by atoms with Crippen LogP contribution in [-0.2, 0) is 10.0 Å². The van der Waals surface area contributed by atoms with Crippen molar-refractivity contribution < 1.29 is 17.6 Å². The maximum absolute atomic E-state index is 12.9. The van der Waals surface area contributed by atoms with Crippen LogP contribution in [0, 0.1) is 5.82 Å². The summed E-state index contributed by atoms with van der Waals surface area (Å²) in [6.07, 6.45) is 2.00. The highest BCUT2D eigenvalue weighted by atomic mass is 32.2. The first-order valence-electron chi connectivity index (χ1n) is 7.63. The van der Waals surface area contributed by atoms with Crippen LogP contribution < -0.4 is 4.72 Å². The predicted molar refractivity (Wildman–Crippen MR) is 88.8 cm³/mol. The van der Waals surface area contributed by atoms with E-state index in [-0.39, 0.29) is 16.5 Å². The number of sulfonamides is 1. The smallest absolute Gasteiger partial charge is 0.261 e. The molecule has 0 aromatic heterocycles. The minimum Gasteiger partial charge on any atom is -0.339 e. The second kappa shape index (κ2) is 6.60. The summed E-state index contributed by atoms with van der Waals surface area (Å²) in [5.74, 6) is -0.523. The molecule has 5 nitrogen and oxygen atoms in total. The van der Waals surface area contributed by atoms with Gasteiger partial charge in [-0.1, -0.05) is 0 Å². The maximum atomic E-state index is 12.9. The molecule has 1 saturated heterocycles. The lowest BCUT2D eigenvalue weighted by Gasteiger charge is -2.15. The van der Waals surface area contributed by atoms with Crippen LogP contribution in [0.4, 0.5) is 10.1 Å². The van der Waals surface area contributed by atoms with Gasteiger partial charge in [-0.25, -0.2) is 12.8 Å². The number of nitrogens with zero attached hydrogens (tertiary/aromatic N) is 1. The highest BCUT2D eigenvalue weighted by Crippen LogP contribution is 2.18. The number of carbonyl (C=O) groups is 1. The number of carbonyl (C=O) groups excluding carboxylic acids is 1. The average Bonchev–Trinajstić information content (AvgIpc) is 3.11. The molecule has 0 bridgehead atoms. The summed E-state index contributed by atoms with van der Waals surface area (Å²) in [4.78, 5) is 14.1. The summed E-state index contributed by atoms with van der Waals surface area (Å²) in [6, 6.07) is 10.9. The Labute approximate surface area is 140 Å². The molecule has 1 aliphatic heterocycles. The monoisotopic (exact) mass is 348 g/mol. The van der Waals surface area contributed by atoms with Gasteiger partial charge in [0.1, 0.15) is 5.82 Å². The van der Waals surface area contributed by atoms with E-state index in [1.807, 2.05) is 0 Å². The van der Waals surface area contributed by atoms with Gasteiger partial charge in [-0.15, -0.1) is 0 Å². The van der Waals surface area contributed by atoms with Gasteiger partial charge in [0.15, 0.2) is 0 Å². The fourth-order valence-electron chi connectivity index (χ4n) is 2.61. The van der Waals surface area contributed by atoms with Gasteiger partial charge in [0.05, 0.1) is 4.90 Å². The van der Waals surface area contributed by atoms with E-state index in [1.54, 1.807) is 4.90 Å². The first-order chi connectivity index (χ1) is 11.5. The van der Waals surface area contributed by atoms with Crippen LogP contribution >= 0.6 is 0 Å². The van der Waals surface area contributed by atoms with Gasteiger partial charge < -0.3 is 4.90 Å². The Hall–Kier alpha value is -2.41. The molecule has 1 N–H and O–H groups in total. The number of nitrogens with one attached hydrogen (secondary N) is 1. The van der Waals surface area contributed by atoms with Crippen molar-refractivity contribution in [2.75, 3.05) is 17.8 Å². The van der Waals surface area contributed by atoms with Crippen molar-refractivity contribution in [1.29, 1.82) is 0 Å².